The van der Waals surface area contributed by atoms with E-state index in [9.17, 15) is 14.7 Å². The maximum Gasteiger partial charge on any atom is 0.323 e. The van der Waals surface area contributed by atoms with Crippen LogP contribution in [0.2, 0.25) is 0 Å². The highest BCUT2D eigenvalue weighted by Gasteiger charge is 2.28. The van der Waals surface area contributed by atoms with Crippen LogP contribution >= 0.6 is 11.8 Å². The van der Waals surface area contributed by atoms with E-state index in [1.54, 1.807) is 12.1 Å². The number of furan rings is 1. The number of fused-ring (bicyclic) bond motifs is 1. The average Bonchev–Trinajstić information content (AvgIpc) is 3.17. The number of urea groups is 1. The SMILES string of the molecule is O=C1NC(=O)/C(=C/c2ccc(Sc3nc4ccccc4[nH]3)o2)C(O)N1. The molecule has 1 unspecified atom stereocenters. The Morgan fingerprint density at radius 3 is 2.84 bits per heavy atom. The van der Waals surface area contributed by atoms with Crippen molar-refractivity contribution in [2.24, 2.45) is 0 Å². The molecule has 3 heterocycles. The number of nitrogens with zero attached hydrogens (tertiary/aromatic N) is 1. The molecule has 1 aliphatic heterocycles. The normalized spacial score (nSPS) is 19.2. The fourth-order valence-corrected chi connectivity index (χ4v) is 3.14. The molecule has 1 atom stereocenters. The number of aliphatic hydroxyl groups is 1. The number of H-pyrrole nitrogens is 1. The Kier molecular flexibility index (Phi) is 3.79. The molecule has 4 N–H and O–H groups in total. The van der Waals surface area contributed by atoms with Gasteiger partial charge in [-0.25, -0.2) is 9.78 Å². The van der Waals surface area contributed by atoms with E-state index in [1.165, 1.54) is 17.8 Å². The molecule has 1 aliphatic rings. The molecule has 1 fully saturated rings. The number of amides is 3. The number of nitrogens with one attached hydrogen (secondary N) is 3. The van der Waals surface area contributed by atoms with Crippen LogP contribution in [0.3, 0.4) is 0 Å². The van der Waals surface area contributed by atoms with Crippen LogP contribution in [-0.4, -0.2) is 33.2 Å². The molecule has 25 heavy (non-hydrogen) atoms. The van der Waals surface area contributed by atoms with Crippen LogP contribution in [-0.2, 0) is 4.79 Å². The van der Waals surface area contributed by atoms with Gasteiger partial charge in [0.25, 0.3) is 5.91 Å². The number of aliphatic hydroxyl groups excluding tert-OH is 1. The summed E-state index contributed by atoms with van der Waals surface area (Å²) in [5.74, 6) is -0.293. The number of carbonyl (C=O) groups excluding carboxylic acids is 2. The highest BCUT2D eigenvalue weighted by molar-refractivity contribution is 7.99. The molecule has 0 spiro atoms. The van der Waals surface area contributed by atoms with Crippen LogP contribution in [0.25, 0.3) is 17.1 Å². The molecule has 1 aromatic carbocycles. The maximum atomic E-state index is 11.8. The Morgan fingerprint density at radius 1 is 1.20 bits per heavy atom. The van der Waals surface area contributed by atoms with Crippen molar-refractivity contribution < 1.29 is 19.1 Å². The molecule has 0 bridgehead atoms. The average molecular weight is 356 g/mol. The standard InChI is InChI=1S/C16H12N4O4S/c21-13-9(14(22)20-15(23)19-13)7-8-5-6-12(24-8)25-16-17-10-3-1-2-4-11(10)18-16/h1-7,13,21H,(H,17,18)(H2,19,20,22,23)/b9-7+. The van der Waals surface area contributed by atoms with Crippen molar-refractivity contribution in [1.82, 2.24) is 20.6 Å². The lowest BCUT2D eigenvalue weighted by Crippen LogP contribution is -2.53. The fraction of sp³-hybridized carbons (Fsp3) is 0.0625. The van der Waals surface area contributed by atoms with Gasteiger partial charge in [-0.15, -0.1) is 0 Å². The molecule has 3 aromatic rings. The molecule has 126 valence electrons. The lowest BCUT2D eigenvalue weighted by atomic mass is 10.1. The first kappa shape index (κ1) is 15.5. The summed E-state index contributed by atoms with van der Waals surface area (Å²) in [6.45, 7) is 0. The molecule has 0 aliphatic carbocycles. The number of hydrogen-bond acceptors (Lipinski definition) is 6. The summed E-state index contributed by atoms with van der Waals surface area (Å²) >= 11 is 1.30. The van der Waals surface area contributed by atoms with Gasteiger partial charge in [-0.2, -0.15) is 0 Å². The van der Waals surface area contributed by atoms with Gasteiger partial charge >= 0.3 is 6.03 Å². The molecule has 2 aromatic heterocycles. The van der Waals surface area contributed by atoms with Crippen molar-refractivity contribution in [3.63, 3.8) is 0 Å². The van der Waals surface area contributed by atoms with Crippen LogP contribution < -0.4 is 10.6 Å². The Balaban J connectivity index is 1.54. The molecule has 9 heteroatoms. The minimum Gasteiger partial charge on any atom is -0.450 e. The summed E-state index contributed by atoms with van der Waals surface area (Å²) < 4.78 is 5.63. The van der Waals surface area contributed by atoms with Crippen LogP contribution in [0.4, 0.5) is 4.79 Å². The molecule has 0 saturated carbocycles. The Morgan fingerprint density at radius 2 is 2.04 bits per heavy atom. The monoisotopic (exact) mass is 356 g/mol. The van der Waals surface area contributed by atoms with Crippen LogP contribution in [0.15, 0.2) is 56.6 Å². The lowest BCUT2D eigenvalue weighted by Gasteiger charge is -2.21. The summed E-state index contributed by atoms with van der Waals surface area (Å²) in [5.41, 5.74) is 1.78. The van der Waals surface area contributed by atoms with Crippen LogP contribution in [0, 0.1) is 0 Å². The summed E-state index contributed by atoms with van der Waals surface area (Å²) in [6, 6.07) is 10.3. The summed E-state index contributed by atoms with van der Waals surface area (Å²) in [4.78, 5) is 30.5. The molecule has 0 radical (unpaired) electrons. The molecular formula is C16H12N4O4S. The van der Waals surface area contributed by atoms with Crippen molar-refractivity contribution in [3.05, 3.63) is 47.7 Å². The largest absolute Gasteiger partial charge is 0.450 e. The highest BCUT2D eigenvalue weighted by atomic mass is 32.2. The predicted octanol–water partition coefficient (Wildman–Crippen LogP) is 1.85. The third-order valence-electron chi connectivity index (χ3n) is 3.52. The second-order valence-corrected chi connectivity index (χ2v) is 6.24. The van der Waals surface area contributed by atoms with E-state index in [0.717, 1.165) is 11.0 Å². The van der Waals surface area contributed by atoms with Gasteiger partial charge in [-0.05, 0) is 42.1 Å². The number of hydrogen-bond donors (Lipinski definition) is 4. The van der Waals surface area contributed by atoms with Crippen molar-refractivity contribution in [1.29, 1.82) is 0 Å². The number of imidazole rings is 1. The second kappa shape index (κ2) is 6.11. The Labute approximate surface area is 145 Å². The topological polar surface area (TPSA) is 120 Å². The molecule has 1 saturated heterocycles. The number of aromatic nitrogens is 2. The maximum absolute atomic E-state index is 11.8. The van der Waals surface area contributed by atoms with E-state index in [0.29, 0.717) is 16.0 Å². The van der Waals surface area contributed by atoms with Crippen molar-refractivity contribution in [2.45, 2.75) is 16.5 Å². The van der Waals surface area contributed by atoms with Crippen molar-refractivity contribution >= 4 is 40.8 Å². The van der Waals surface area contributed by atoms with Gasteiger partial charge in [-0.1, -0.05) is 12.1 Å². The minimum absolute atomic E-state index is 0.00534. The minimum atomic E-state index is -1.38. The quantitative estimate of drug-likeness (QED) is 0.532. The van der Waals surface area contributed by atoms with E-state index in [1.807, 2.05) is 24.3 Å². The van der Waals surface area contributed by atoms with Gasteiger partial charge in [0, 0.05) is 0 Å². The van der Waals surface area contributed by atoms with E-state index >= 15 is 0 Å². The first-order valence-electron chi connectivity index (χ1n) is 7.32. The highest BCUT2D eigenvalue weighted by Crippen LogP contribution is 2.29. The van der Waals surface area contributed by atoms with E-state index in [2.05, 4.69) is 20.6 Å². The zero-order chi connectivity index (χ0) is 17.4. The third kappa shape index (κ3) is 3.14. The van der Waals surface area contributed by atoms with E-state index in [4.69, 9.17) is 4.42 Å². The number of rotatable bonds is 3. The third-order valence-corrected chi connectivity index (χ3v) is 4.32. The summed E-state index contributed by atoms with van der Waals surface area (Å²) in [7, 11) is 0. The number of para-hydroxylation sites is 2. The van der Waals surface area contributed by atoms with Crippen molar-refractivity contribution in [2.75, 3.05) is 0 Å². The molecule has 4 rings (SSSR count). The van der Waals surface area contributed by atoms with Gasteiger partial charge in [0.05, 0.1) is 16.6 Å². The van der Waals surface area contributed by atoms with Gasteiger partial charge in [0.15, 0.2) is 16.5 Å². The van der Waals surface area contributed by atoms with Gasteiger partial charge in [-0.3, -0.25) is 10.1 Å². The Hall–Kier alpha value is -3.04. The molecule has 3 amide bonds. The molecule has 8 nitrogen and oxygen atoms in total. The fourth-order valence-electron chi connectivity index (χ4n) is 2.38. The van der Waals surface area contributed by atoms with Crippen molar-refractivity contribution in [3.8, 4) is 0 Å². The number of benzene rings is 1. The first-order valence-corrected chi connectivity index (χ1v) is 8.14. The zero-order valence-electron chi connectivity index (χ0n) is 12.6. The van der Waals surface area contributed by atoms with Gasteiger partial charge in [0.1, 0.15) is 5.76 Å². The summed E-state index contributed by atoms with van der Waals surface area (Å²) in [5, 5.41) is 15.3. The Bertz CT molecular complexity index is 973. The number of aromatic amines is 1. The van der Waals surface area contributed by atoms with E-state index < -0.39 is 18.2 Å². The lowest BCUT2D eigenvalue weighted by molar-refractivity contribution is -0.118. The molecular weight excluding hydrogens is 344 g/mol. The van der Waals surface area contributed by atoms with Gasteiger partial charge < -0.3 is 19.8 Å². The van der Waals surface area contributed by atoms with Crippen LogP contribution in [0.1, 0.15) is 5.76 Å². The number of carbonyl (C=O) groups is 2. The second-order valence-electron chi connectivity index (χ2n) is 5.25. The number of imide groups is 1. The first-order chi connectivity index (χ1) is 12.1. The summed E-state index contributed by atoms with van der Waals surface area (Å²) in [6.07, 6.45) is 0.000106. The van der Waals surface area contributed by atoms with E-state index in [-0.39, 0.29) is 5.57 Å². The zero-order valence-corrected chi connectivity index (χ0v) is 13.5. The smallest absolute Gasteiger partial charge is 0.323 e. The van der Waals surface area contributed by atoms with Gasteiger partial charge in [0.2, 0.25) is 0 Å². The predicted molar refractivity (Wildman–Crippen MR) is 89.6 cm³/mol. The van der Waals surface area contributed by atoms with Crippen LogP contribution in [0.5, 0.6) is 0 Å².